The molecular formula is C30H26N2O4. The molecule has 1 heterocycles. The molecule has 180 valence electrons. The highest BCUT2D eigenvalue weighted by Gasteiger charge is 2.20. The molecular weight excluding hydrogens is 452 g/mol. The molecule has 1 N–H and O–H groups in total. The minimum atomic E-state index is -1.01. The molecule has 1 aliphatic carbocycles. The Morgan fingerprint density at radius 3 is 2.25 bits per heavy atom. The number of hydrogen-bond acceptors (Lipinski definition) is 4. The summed E-state index contributed by atoms with van der Waals surface area (Å²) >= 11 is 0. The van der Waals surface area contributed by atoms with Crippen LogP contribution in [0.4, 0.5) is 0 Å². The molecule has 0 amide bonds. The lowest BCUT2D eigenvalue weighted by Crippen LogP contribution is -2.25. The second-order valence-electron chi connectivity index (χ2n) is 8.82. The molecule has 6 heteroatoms. The monoisotopic (exact) mass is 478 g/mol. The molecule has 6 nitrogen and oxygen atoms in total. The first-order chi connectivity index (χ1) is 17.6. The van der Waals surface area contributed by atoms with Gasteiger partial charge in [0.1, 0.15) is 5.75 Å². The Hall–Kier alpha value is -4.45. The summed E-state index contributed by atoms with van der Waals surface area (Å²) in [5.74, 6) is -0.500. The van der Waals surface area contributed by atoms with E-state index in [0.717, 1.165) is 39.9 Å². The van der Waals surface area contributed by atoms with Crippen LogP contribution >= 0.6 is 0 Å². The first-order valence-corrected chi connectivity index (χ1v) is 11.9. The number of benzene rings is 3. The summed E-state index contributed by atoms with van der Waals surface area (Å²) < 4.78 is 7.01. The van der Waals surface area contributed by atoms with Crippen molar-refractivity contribution in [2.24, 2.45) is 0 Å². The fourth-order valence-corrected chi connectivity index (χ4v) is 4.71. The largest absolute Gasteiger partial charge is 0.482 e. The highest BCUT2D eigenvalue weighted by atomic mass is 16.5. The van der Waals surface area contributed by atoms with Crippen LogP contribution in [0.1, 0.15) is 40.3 Å². The van der Waals surface area contributed by atoms with Crippen LogP contribution in [0.25, 0.3) is 6.08 Å². The minimum Gasteiger partial charge on any atom is -0.482 e. The summed E-state index contributed by atoms with van der Waals surface area (Å²) in [5.41, 5.74) is 5.94. The predicted molar refractivity (Wildman–Crippen MR) is 138 cm³/mol. The van der Waals surface area contributed by atoms with Gasteiger partial charge in [-0.3, -0.25) is 4.79 Å². The molecule has 3 aromatic carbocycles. The topological polar surface area (TPSA) is 81.4 Å². The molecule has 0 radical (unpaired) electrons. The van der Waals surface area contributed by atoms with Gasteiger partial charge in [0.25, 0.3) is 5.56 Å². The Labute approximate surface area is 209 Å². The van der Waals surface area contributed by atoms with Crippen molar-refractivity contribution in [2.75, 3.05) is 6.61 Å². The summed E-state index contributed by atoms with van der Waals surface area (Å²) in [6.45, 7) is 0.0196. The van der Waals surface area contributed by atoms with E-state index >= 15 is 0 Å². The fourth-order valence-electron chi connectivity index (χ4n) is 4.71. The number of ether oxygens (including phenoxy) is 1. The zero-order valence-corrected chi connectivity index (χ0v) is 19.7. The summed E-state index contributed by atoms with van der Waals surface area (Å²) in [6.07, 6.45) is 3.50. The van der Waals surface area contributed by atoms with Gasteiger partial charge in [-0.05, 0) is 47.2 Å². The molecule has 0 bridgehead atoms. The molecule has 0 saturated heterocycles. The molecule has 5 rings (SSSR count). The Morgan fingerprint density at radius 1 is 0.889 bits per heavy atom. The third-order valence-electron chi connectivity index (χ3n) is 6.38. The zero-order valence-electron chi connectivity index (χ0n) is 19.7. The van der Waals surface area contributed by atoms with Crippen LogP contribution < -0.4 is 10.3 Å². The van der Waals surface area contributed by atoms with Crippen molar-refractivity contribution >= 4 is 12.0 Å². The normalized spacial score (nSPS) is 12.6. The average molecular weight is 479 g/mol. The molecule has 0 spiro atoms. The fraction of sp³-hybridized carbons (Fsp3) is 0.167. The maximum atomic E-state index is 12.8. The van der Waals surface area contributed by atoms with E-state index in [9.17, 15) is 9.59 Å². The lowest BCUT2D eigenvalue weighted by molar-refractivity contribution is -0.139. The number of carbonyl (C=O) groups is 1. The van der Waals surface area contributed by atoms with Crippen LogP contribution in [-0.2, 0) is 17.8 Å². The van der Waals surface area contributed by atoms with Gasteiger partial charge in [0.15, 0.2) is 6.61 Å². The van der Waals surface area contributed by atoms with Gasteiger partial charge in [-0.15, -0.1) is 0 Å². The number of allylic oxidation sites excluding steroid dienone is 1. The quantitative estimate of drug-likeness (QED) is 0.389. The molecule has 0 atom stereocenters. The first-order valence-electron chi connectivity index (χ1n) is 11.9. The van der Waals surface area contributed by atoms with E-state index in [0.29, 0.717) is 18.7 Å². The van der Waals surface area contributed by atoms with E-state index in [1.54, 1.807) is 12.1 Å². The van der Waals surface area contributed by atoms with E-state index < -0.39 is 5.97 Å². The summed E-state index contributed by atoms with van der Waals surface area (Å²) in [4.78, 5) is 23.7. The molecule has 0 unspecified atom stereocenters. The second-order valence-corrected chi connectivity index (χ2v) is 8.82. The van der Waals surface area contributed by atoms with Crippen LogP contribution in [0.5, 0.6) is 5.75 Å². The van der Waals surface area contributed by atoms with Crippen molar-refractivity contribution in [2.45, 2.75) is 25.3 Å². The van der Waals surface area contributed by atoms with Crippen molar-refractivity contribution < 1.29 is 14.6 Å². The van der Waals surface area contributed by atoms with Crippen LogP contribution in [0, 0.1) is 0 Å². The molecule has 1 aromatic heterocycles. The van der Waals surface area contributed by atoms with E-state index in [1.165, 1.54) is 4.68 Å². The number of nitrogens with zero attached hydrogens (tertiary/aromatic N) is 2. The highest BCUT2D eigenvalue weighted by molar-refractivity contribution is 5.69. The van der Waals surface area contributed by atoms with Crippen LogP contribution in [0.3, 0.4) is 0 Å². The number of carboxylic acids is 1. The van der Waals surface area contributed by atoms with Crippen molar-refractivity contribution in [1.82, 2.24) is 9.78 Å². The number of fused-ring (bicyclic) bond motifs is 1. The number of rotatable bonds is 8. The van der Waals surface area contributed by atoms with Crippen molar-refractivity contribution in [1.29, 1.82) is 0 Å². The summed E-state index contributed by atoms with van der Waals surface area (Å²) in [5, 5.41) is 13.8. The summed E-state index contributed by atoms with van der Waals surface area (Å²) in [6, 6.07) is 29.4. The molecule has 1 aliphatic rings. The Kier molecular flexibility index (Phi) is 6.76. The number of hydrogen-bond donors (Lipinski definition) is 1. The van der Waals surface area contributed by atoms with E-state index in [1.807, 2.05) is 54.6 Å². The lowest BCUT2D eigenvalue weighted by atomic mass is 9.88. The van der Waals surface area contributed by atoms with Gasteiger partial charge in [-0.25, -0.2) is 9.48 Å². The third kappa shape index (κ3) is 5.13. The Morgan fingerprint density at radius 2 is 1.58 bits per heavy atom. The van der Waals surface area contributed by atoms with Gasteiger partial charge in [-0.1, -0.05) is 78.9 Å². The SMILES string of the molecule is O=C(O)COc1cccc2c1CCC(Cn1nc(C(c3ccccc3)c3ccccc3)ccc1=O)=C2. The Balaban J connectivity index is 1.46. The lowest BCUT2D eigenvalue weighted by Gasteiger charge is -2.21. The number of carboxylic acid groups (broad SMARTS) is 1. The van der Waals surface area contributed by atoms with Gasteiger partial charge >= 0.3 is 5.97 Å². The maximum Gasteiger partial charge on any atom is 0.341 e. The van der Waals surface area contributed by atoms with E-state index in [4.69, 9.17) is 14.9 Å². The van der Waals surface area contributed by atoms with Gasteiger partial charge in [-0.2, -0.15) is 5.10 Å². The van der Waals surface area contributed by atoms with E-state index in [-0.39, 0.29) is 18.1 Å². The minimum absolute atomic E-state index is 0.0887. The maximum absolute atomic E-state index is 12.8. The van der Waals surface area contributed by atoms with Crippen LogP contribution in [-0.4, -0.2) is 27.5 Å². The van der Waals surface area contributed by atoms with Gasteiger partial charge in [0.2, 0.25) is 0 Å². The molecule has 0 aliphatic heterocycles. The first kappa shape index (κ1) is 23.3. The zero-order chi connectivity index (χ0) is 24.9. The molecule has 36 heavy (non-hydrogen) atoms. The molecule has 0 saturated carbocycles. The van der Waals surface area contributed by atoms with Crippen LogP contribution in [0.15, 0.2) is 101 Å². The van der Waals surface area contributed by atoms with Gasteiger partial charge < -0.3 is 9.84 Å². The van der Waals surface area contributed by atoms with Gasteiger partial charge in [0, 0.05) is 11.6 Å². The van der Waals surface area contributed by atoms with Crippen molar-refractivity contribution in [3.8, 4) is 5.75 Å². The summed E-state index contributed by atoms with van der Waals surface area (Å²) in [7, 11) is 0. The molecule has 0 fully saturated rings. The Bertz CT molecular complexity index is 1420. The average Bonchev–Trinajstić information content (AvgIpc) is 2.90. The molecule has 4 aromatic rings. The standard InChI is InChI=1S/C30H26N2O4/c33-28-17-16-26(30(22-8-3-1-4-9-22)23-10-5-2-6-11-23)31-32(28)19-21-14-15-25-24(18-21)12-7-13-27(25)36-20-29(34)35/h1-13,16-18,30H,14-15,19-20H2,(H,34,35). The number of aliphatic carboxylic acids is 1. The van der Waals surface area contributed by atoms with Crippen LogP contribution in [0.2, 0.25) is 0 Å². The van der Waals surface area contributed by atoms with Crippen molar-refractivity contribution in [3.05, 3.63) is 135 Å². The predicted octanol–water partition coefficient (Wildman–Crippen LogP) is 4.92. The number of aromatic nitrogens is 2. The van der Waals surface area contributed by atoms with Gasteiger partial charge in [0.05, 0.1) is 18.2 Å². The third-order valence-corrected chi connectivity index (χ3v) is 6.38. The van der Waals surface area contributed by atoms with E-state index in [2.05, 4.69) is 30.3 Å². The van der Waals surface area contributed by atoms with Crippen molar-refractivity contribution in [3.63, 3.8) is 0 Å². The highest BCUT2D eigenvalue weighted by Crippen LogP contribution is 2.32. The smallest absolute Gasteiger partial charge is 0.341 e. The second kappa shape index (κ2) is 10.4.